The van der Waals surface area contributed by atoms with E-state index in [1.807, 2.05) is 12.1 Å². The summed E-state index contributed by atoms with van der Waals surface area (Å²) >= 11 is 1.39. The minimum Gasteiger partial charge on any atom is -0.378 e. The lowest BCUT2D eigenvalue weighted by Crippen LogP contribution is -2.36. The smallest absolute Gasteiger partial charge is 0.275 e. The zero-order valence-electron chi connectivity index (χ0n) is 10.8. The van der Waals surface area contributed by atoms with Crippen LogP contribution >= 0.6 is 11.3 Å². The number of hydrogen-bond acceptors (Lipinski definition) is 6. The molecule has 0 unspecified atom stereocenters. The summed E-state index contributed by atoms with van der Waals surface area (Å²) in [6.45, 7) is 3.14. The van der Waals surface area contributed by atoms with Gasteiger partial charge in [-0.2, -0.15) is 0 Å². The molecule has 3 rings (SSSR count). The van der Waals surface area contributed by atoms with Crippen molar-refractivity contribution in [3.63, 3.8) is 0 Å². The zero-order chi connectivity index (χ0) is 13.8. The van der Waals surface area contributed by atoms with Crippen LogP contribution in [-0.4, -0.2) is 42.2 Å². The molecule has 1 aliphatic heterocycles. The van der Waals surface area contributed by atoms with Gasteiger partial charge < -0.3 is 15.0 Å². The predicted molar refractivity (Wildman–Crippen MR) is 77.3 cm³/mol. The molecule has 1 aliphatic rings. The second-order valence-corrected chi connectivity index (χ2v) is 5.05. The number of thiazole rings is 1. The molecule has 2 aromatic heterocycles. The predicted octanol–water partition coefficient (Wildman–Crippen LogP) is 1.63. The molecule has 0 aliphatic carbocycles. The molecule has 6 nitrogen and oxygen atoms in total. The third-order valence-corrected chi connectivity index (χ3v) is 3.59. The molecule has 3 heterocycles. The Morgan fingerprint density at radius 1 is 1.30 bits per heavy atom. The number of nitrogens with one attached hydrogen (secondary N) is 1. The summed E-state index contributed by atoms with van der Waals surface area (Å²) in [6, 6.07) is 3.75. The average Bonchev–Trinajstić information content (AvgIpc) is 3.03. The maximum Gasteiger partial charge on any atom is 0.275 e. The molecule has 20 heavy (non-hydrogen) atoms. The Morgan fingerprint density at radius 2 is 2.15 bits per heavy atom. The summed E-state index contributed by atoms with van der Waals surface area (Å²) in [5, 5.41) is 4.49. The number of rotatable bonds is 3. The molecule has 104 valence electrons. The second kappa shape index (κ2) is 5.98. The van der Waals surface area contributed by atoms with Crippen LogP contribution < -0.4 is 10.2 Å². The minimum atomic E-state index is -0.216. The topological polar surface area (TPSA) is 67.4 Å². The standard InChI is InChI=1S/C13H14N4O2S/c18-13(11-8-20-9-15-11)16-10-1-2-12(14-7-10)17-3-5-19-6-4-17/h1-2,7-9H,3-6H2,(H,16,18). The number of pyridine rings is 1. The van der Waals surface area contributed by atoms with E-state index in [9.17, 15) is 4.79 Å². The van der Waals surface area contributed by atoms with E-state index in [-0.39, 0.29) is 5.91 Å². The van der Waals surface area contributed by atoms with Crippen LogP contribution in [0.5, 0.6) is 0 Å². The van der Waals surface area contributed by atoms with Crippen molar-refractivity contribution in [2.24, 2.45) is 0 Å². The maximum absolute atomic E-state index is 11.8. The van der Waals surface area contributed by atoms with Gasteiger partial charge in [0, 0.05) is 18.5 Å². The van der Waals surface area contributed by atoms with Crippen LogP contribution in [0.15, 0.2) is 29.2 Å². The number of anilines is 2. The molecular weight excluding hydrogens is 276 g/mol. The van der Waals surface area contributed by atoms with Crippen molar-refractivity contribution in [3.05, 3.63) is 34.9 Å². The van der Waals surface area contributed by atoms with Crippen molar-refractivity contribution >= 4 is 28.7 Å². The molecule has 0 radical (unpaired) electrons. The van der Waals surface area contributed by atoms with Gasteiger partial charge in [0.05, 0.1) is 30.6 Å². The van der Waals surface area contributed by atoms with Gasteiger partial charge in [-0.1, -0.05) is 0 Å². The van der Waals surface area contributed by atoms with Crippen LogP contribution in [0.3, 0.4) is 0 Å². The first-order chi connectivity index (χ1) is 9.83. The number of amides is 1. The van der Waals surface area contributed by atoms with Crippen molar-refractivity contribution < 1.29 is 9.53 Å². The monoisotopic (exact) mass is 290 g/mol. The molecule has 1 fully saturated rings. The third kappa shape index (κ3) is 2.94. The van der Waals surface area contributed by atoms with E-state index in [0.717, 1.165) is 32.1 Å². The summed E-state index contributed by atoms with van der Waals surface area (Å²) in [7, 11) is 0. The highest BCUT2D eigenvalue weighted by Gasteiger charge is 2.13. The summed E-state index contributed by atoms with van der Waals surface area (Å²) in [5.41, 5.74) is 2.72. The van der Waals surface area contributed by atoms with Gasteiger partial charge in [0.15, 0.2) is 0 Å². The Hall–Kier alpha value is -1.99. The number of ether oxygens (including phenoxy) is 1. The first-order valence-corrected chi connectivity index (χ1v) is 7.25. The lowest BCUT2D eigenvalue weighted by molar-refractivity contribution is 0.102. The first kappa shape index (κ1) is 13.0. The van der Waals surface area contributed by atoms with Crippen molar-refractivity contribution in [1.29, 1.82) is 0 Å². The molecular formula is C13H14N4O2S. The van der Waals surface area contributed by atoms with Gasteiger partial charge in [-0.15, -0.1) is 11.3 Å². The van der Waals surface area contributed by atoms with Gasteiger partial charge in [-0.3, -0.25) is 4.79 Å². The molecule has 0 atom stereocenters. The number of carbonyl (C=O) groups is 1. The van der Waals surface area contributed by atoms with E-state index in [0.29, 0.717) is 11.4 Å². The largest absolute Gasteiger partial charge is 0.378 e. The molecule has 1 amide bonds. The molecule has 0 aromatic carbocycles. The van der Waals surface area contributed by atoms with Gasteiger partial charge >= 0.3 is 0 Å². The number of morpholine rings is 1. The molecule has 0 saturated carbocycles. The van der Waals surface area contributed by atoms with Gasteiger partial charge in [0.2, 0.25) is 0 Å². The van der Waals surface area contributed by atoms with Crippen LogP contribution in [0.4, 0.5) is 11.5 Å². The normalized spacial score (nSPS) is 15.1. The SMILES string of the molecule is O=C(Nc1ccc(N2CCOCC2)nc1)c1cscn1. The zero-order valence-corrected chi connectivity index (χ0v) is 11.6. The van der Waals surface area contributed by atoms with E-state index >= 15 is 0 Å². The number of aromatic nitrogens is 2. The fraction of sp³-hybridized carbons (Fsp3) is 0.308. The van der Waals surface area contributed by atoms with Crippen molar-refractivity contribution in [1.82, 2.24) is 9.97 Å². The van der Waals surface area contributed by atoms with E-state index in [1.165, 1.54) is 11.3 Å². The van der Waals surface area contributed by atoms with Crippen molar-refractivity contribution in [2.75, 3.05) is 36.5 Å². The van der Waals surface area contributed by atoms with E-state index < -0.39 is 0 Å². The van der Waals surface area contributed by atoms with Crippen molar-refractivity contribution in [3.8, 4) is 0 Å². The molecule has 2 aromatic rings. The number of hydrogen-bond donors (Lipinski definition) is 1. The van der Waals surface area contributed by atoms with E-state index in [4.69, 9.17) is 4.74 Å². The Labute approximate surface area is 120 Å². The Bertz CT molecular complexity index is 565. The molecule has 0 bridgehead atoms. The van der Waals surface area contributed by atoms with E-state index in [1.54, 1.807) is 17.1 Å². The van der Waals surface area contributed by atoms with Gasteiger partial charge in [0.25, 0.3) is 5.91 Å². The van der Waals surface area contributed by atoms with Crippen LogP contribution in [0, 0.1) is 0 Å². The fourth-order valence-electron chi connectivity index (χ4n) is 1.96. The molecule has 1 N–H and O–H groups in total. The number of nitrogens with zero attached hydrogens (tertiary/aromatic N) is 3. The highest BCUT2D eigenvalue weighted by molar-refractivity contribution is 7.07. The van der Waals surface area contributed by atoms with Crippen LogP contribution in [0.1, 0.15) is 10.5 Å². The van der Waals surface area contributed by atoms with Crippen LogP contribution in [0.25, 0.3) is 0 Å². The first-order valence-electron chi connectivity index (χ1n) is 6.31. The summed E-state index contributed by atoms with van der Waals surface area (Å²) in [6.07, 6.45) is 1.66. The van der Waals surface area contributed by atoms with E-state index in [2.05, 4.69) is 20.2 Å². The minimum absolute atomic E-state index is 0.216. The summed E-state index contributed by atoms with van der Waals surface area (Å²) < 4.78 is 5.31. The molecule has 7 heteroatoms. The molecule has 1 saturated heterocycles. The third-order valence-electron chi connectivity index (χ3n) is 3.01. The van der Waals surface area contributed by atoms with Crippen LogP contribution in [0.2, 0.25) is 0 Å². The average molecular weight is 290 g/mol. The van der Waals surface area contributed by atoms with Gasteiger partial charge in [-0.25, -0.2) is 9.97 Å². The summed E-state index contributed by atoms with van der Waals surface area (Å²) in [5.74, 6) is 0.687. The Morgan fingerprint density at radius 3 is 2.80 bits per heavy atom. The van der Waals surface area contributed by atoms with Crippen LogP contribution in [-0.2, 0) is 4.74 Å². The lowest BCUT2D eigenvalue weighted by Gasteiger charge is -2.27. The highest BCUT2D eigenvalue weighted by atomic mass is 32.1. The van der Waals surface area contributed by atoms with Gasteiger partial charge in [-0.05, 0) is 12.1 Å². The Kier molecular flexibility index (Phi) is 3.89. The maximum atomic E-state index is 11.8. The number of carbonyl (C=O) groups excluding carboxylic acids is 1. The second-order valence-electron chi connectivity index (χ2n) is 4.33. The lowest BCUT2D eigenvalue weighted by atomic mass is 10.3. The molecule has 0 spiro atoms. The van der Waals surface area contributed by atoms with Crippen molar-refractivity contribution in [2.45, 2.75) is 0 Å². The quantitative estimate of drug-likeness (QED) is 0.930. The Balaban J connectivity index is 1.65. The fourth-order valence-corrected chi connectivity index (χ4v) is 2.49. The summed E-state index contributed by atoms with van der Waals surface area (Å²) in [4.78, 5) is 22.3. The highest BCUT2D eigenvalue weighted by Crippen LogP contribution is 2.16. The van der Waals surface area contributed by atoms with Gasteiger partial charge in [0.1, 0.15) is 11.5 Å².